The molecule has 0 aliphatic rings. The number of hydrogen-bond acceptors (Lipinski definition) is 6. The van der Waals surface area contributed by atoms with Crippen molar-refractivity contribution in [2.45, 2.75) is 6.92 Å². The quantitative estimate of drug-likeness (QED) is 0.637. The third-order valence-electron chi connectivity index (χ3n) is 3.68. The molecule has 0 heterocycles. The highest BCUT2D eigenvalue weighted by molar-refractivity contribution is 6.05. The van der Waals surface area contributed by atoms with Crippen LogP contribution < -0.4 is 19.5 Å². The third-order valence-corrected chi connectivity index (χ3v) is 3.68. The molecule has 0 fully saturated rings. The van der Waals surface area contributed by atoms with Crippen LogP contribution in [-0.4, -0.2) is 32.2 Å². The Morgan fingerprint density at radius 3 is 2.16 bits per heavy atom. The van der Waals surface area contributed by atoms with E-state index in [1.165, 1.54) is 45.6 Å². The lowest BCUT2D eigenvalue weighted by atomic mass is 10.1. The van der Waals surface area contributed by atoms with E-state index in [1.807, 2.05) is 0 Å². The van der Waals surface area contributed by atoms with Gasteiger partial charge >= 0.3 is 0 Å². The zero-order valence-electron chi connectivity index (χ0n) is 14.3. The van der Waals surface area contributed by atoms with Gasteiger partial charge in [-0.2, -0.15) is 0 Å². The molecule has 8 nitrogen and oxygen atoms in total. The highest BCUT2D eigenvalue weighted by atomic mass is 16.6. The molecule has 132 valence electrons. The van der Waals surface area contributed by atoms with E-state index in [0.29, 0.717) is 28.5 Å². The van der Waals surface area contributed by atoms with Crippen LogP contribution in [0.25, 0.3) is 0 Å². The molecule has 1 amide bonds. The van der Waals surface area contributed by atoms with Gasteiger partial charge in [0.2, 0.25) is 5.75 Å². The first kappa shape index (κ1) is 18.1. The maximum absolute atomic E-state index is 12.6. The van der Waals surface area contributed by atoms with Crippen molar-refractivity contribution in [2.24, 2.45) is 0 Å². The Morgan fingerprint density at radius 2 is 1.68 bits per heavy atom. The van der Waals surface area contributed by atoms with Crippen LogP contribution in [0.5, 0.6) is 17.2 Å². The van der Waals surface area contributed by atoms with Crippen LogP contribution in [0.2, 0.25) is 0 Å². The number of carbonyl (C=O) groups is 1. The number of benzene rings is 2. The molecule has 2 aromatic rings. The summed E-state index contributed by atoms with van der Waals surface area (Å²) in [5.41, 5.74) is 0.921. The molecule has 0 saturated carbocycles. The van der Waals surface area contributed by atoms with Crippen molar-refractivity contribution in [3.8, 4) is 17.2 Å². The number of carbonyl (C=O) groups excluding carboxylic acids is 1. The largest absolute Gasteiger partial charge is 0.493 e. The standard InChI is InChI=1S/C17H18N2O6/c1-10-12(6-5-7-13(10)19(21)22)18-17(20)11-8-14(23-2)16(25-4)15(9-11)24-3/h5-9H,1-4H3,(H,18,20). The molecule has 0 aliphatic heterocycles. The molecule has 2 rings (SSSR count). The second-order valence-electron chi connectivity index (χ2n) is 5.07. The average molecular weight is 346 g/mol. The zero-order valence-corrected chi connectivity index (χ0v) is 14.3. The second-order valence-corrected chi connectivity index (χ2v) is 5.07. The number of anilines is 1. The minimum Gasteiger partial charge on any atom is -0.493 e. The number of ether oxygens (including phenoxy) is 3. The van der Waals surface area contributed by atoms with Crippen LogP contribution in [0.4, 0.5) is 11.4 Å². The average Bonchev–Trinajstić information content (AvgIpc) is 2.61. The number of methoxy groups -OCH3 is 3. The summed E-state index contributed by atoms with van der Waals surface area (Å²) in [6.07, 6.45) is 0. The Balaban J connectivity index is 2.39. The first-order valence-corrected chi connectivity index (χ1v) is 7.28. The van der Waals surface area contributed by atoms with Gasteiger partial charge in [0.25, 0.3) is 11.6 Å². The second kappa shape index (κ2) is 7.52. The predicted molar refractivity (Wildman–Crippen MR) is 91.9 cm³/mol. The lowest BCUT2D eigenvalue weighted by Gasteiger charge is -2.14. The first-order chi connectivity index (χ1) is 11.9. The van der Waals surface area contributed by atoms with E-state index >= 15 is 0 Å². The summed E-state index contributed by atoms with van der Waals surface area (Å²) in [6.45, 7) is 1.57. The van der Waals surface area contributed by atoms with Crippen LogP contribution in [0.1, 0.15) is 15.9 Å². The topological polar surface area (TPSA) is 99.9 Å². The molecule has 0 aromatic heterocycles. The predicted octanol–water partition coefficient (Wildman–Crippen LogP) is 3.18. The molecular weight excluding hydrogens is 328 g/mol. The van der Waals surface area contributed by atoms with E-state index in [9.17, 15) is 14.9 Å². The summed E-state index contributed by atoms with van der Waals surface area (Å²) in [6, 6.07) is 7.49. The summed E-state index contributed by atoms with van der Waals surface area (Å²) in [5.74, 6) is 0.585. The van der Waals surface area contributed by atoms with Gasteiger partial charge in [-0.3, -0.25) is 14.9 Å². The Hall–Kier alpha value is -3.29. The van der Waals surface area contributed by atoms with E-state index in [4.69, 9.17) is 14.2 Å². The molecule has 0 bridgehead atoms. The fourth-order valence-corrected chi connectivity index (χ4v) is 2.36. The van der Waals surface area contributed by atoms with Crippen molar-refractivity contribution in [3.63, 3.8) is 0 Å². The van der Waals surface area contributed by atoms with Gasteiger partial charge in [-0.05, 0) is 25.1 Å². The van der Waals surface area contributed by atoms with Gasteiger partial charge in [0.15, 0.2) is 11.5 Å². The van der Waals surface area contributed by atoms with E-state index in [2.05, 4.69) is 5.32 Å². The van der Waals surface area contributed by atoms with Crippen LogP contribution in [0.3, 0.4) is 0 Å². The van der Waals surface area contributed by atoms with Gasteiger partial charge in [-0.15, -0.1) is 0 Å². The van der Waals surface area contributed by atoms with Gasteiger partial charge in [-0.25, -0.2) is 0 Å². The molecule has 0 saturated heterocycles. The maximum Gasteiger partial charge on any atom is 0.274 e. The molecule has 0 radical (unpaired) electrons. The molecule has 1 N–H and O–H groups in total. The number of nitrogens with zero attached hydrogens (tertiary/aromatic N) is 1. The molecule has 0 atom stereocenters. The number of hydrogen-bond donors (Lipinski definition) is 1. The van der Waals surface area contributed by atoms with Crippen molar-refractivity contribution in [1.29, 1.82) is 0 Å². The van der Waals surface area contributed by atoms with E-state index < -0.39 is 10.8 Å². The Labute approximate surface area is 144 Å². The molecule has 0 spiro atoms. The van der Waals surface area contributed by atoms with Crippen molar-refractivity contribution in [1.82, 2.24) is 0 Å². The van der Waals surface area contributed by atoms with Crippen LogP contribution in [0.15, 0.2) is 30.3 Å². The monoisotopic (exact) mass is 346 g/mol. The van der Waals surface area contributed by atoms with Crippen LogP contribution >= 0.6 is 0 Å². The molecule has 0 aliphatic carbocycles. The van der Waals surface area contributed by atoms with Crippen molar-refractivity contribution in [2.75, 3.05) is 26.6 Å². The fourth-order valence-electron chi connectivity index (χ4n) is 2.36. The zero-order chi connectivity index (χ0) is 18.6. The Morgan fingerprint density at radius 1 is 1.08 bits per heavy atom. The van der Waals surface area contributed by atoms with Gasteiger partial charge in [0.05, 0.1) is 37.5 Å². The van der Waals surface area contributed by atoms with Crippen molar-refractivity contribution >= 4 is 17.3 Å². The summed E-state index contributed by atoms with van der Waals surface area (Å²) in [7, 11) is 4.36. The van der Waals surface area contributed by atoms with Gasteiger partial charge in [0.1, 0.15) is 0 Å². The van der Waals surface area contributed by atoms with Crippen molar-refractivity contribution < 1.29 is 23.9 Å². The Bertz CT molecular complexity index is 794. The lowest BCUT2D eigenvalue weighted by Crippen LogP contribution is -2.14. The maximum atomic E-state index is 12.6. The summed E-state index contributed by atoms with van der Waals surface area (Å²) < 4.78 is 15.7. The molecular formula is C17H18N2O6. The first-order valence-electron chi connectivity index (χ1n) is 7.28. The molecule has 2 aromatic carbocycles. The summed E-state index contributed by atoms with van der Waals surface area (Å²) in [4.78, 5) is 23.1. The number of amides is 1. The van der Waals surface area contributed by atoms with Gasteiger partial charge in [0, 0.05) is 11.6 Å². The summed E-state index contributed by atoms with van der Waals surface area (Å²) in [5, 5.41) is 13.7. The third kappa shape index (κ3) is 3.63. The highest BCUT2D eigenvalue weighted by Gasteiger charge is 2.19. The summed E-state index contributed by atoms with van der Waals surface area (Å²) >= 11 is 0. The lowest BCUT2D eigenvalue weighted by molar-refractivity contribution is -0.385. The van der Waals surface area contributed by atoms with E-state index in [0.717, 1.165) is 0 Å². The highest BCUT2D eigenvalue weighted by Crippen LogP contribution is 2.38. The Kier molecular flexibility index (Phi) is 5.43. The fraction of sp³-hybridized carbons (Fsp3) is 0.235. The number of rotatable bonds is 6. The van der Waals surface area contributed by atoms with Crippen LogP contribution in [0, 0.1) is 17.0 Å². The smallest absolute Gasteiger partial charge is 0.274 e. The van der Waals surface area contributed by atoms with Gasteiger partial charge in [-0.1, -0.05) is 6.07 Å². The minimum atomic E-state index is -0.496. The van der Waals surface area contributed by atoms with Gasteiger partial charge < -0.3 is 19.5 Å². The van der Waals surface area contributed by atoms with Crippen LogP contribution in [-0.2, 0) is 0 Å². The number of nitro benzene ring substituents is 1. The van der Waals surface area contributed by atoms with Crippen molar-refractivity contribution in [3.05, 3.63) is 51.6 Å². The number of nitrogens with one attached hydrogen (secondary N) is 1. The van der Waals surface area contributed by atoms with E-state index in [1.54, 1.807) is 13.0 Å². The molecule has 0 unspecified atom stereocenters. The molecule has 8 heteroatoms. The molecule has 25 heavy (non-hydrogen) atoms. The normalized spacial score (nSPS) is 10.1. The van der Waals surface area contributed by atoms with E-state index in [-0.39, 0.29) is 11.3 Å². The SMILES string of the molecule is COc1cc(C(=O)Nc2cccc([N+](=O)[O-])c2C)cc(OC)c1OC. The minimum absolute atomic E-state index is 0.0670. The number of nitro groups is 1.